The number of para-hydroxylation sites is 8. The molecule has 15 rings (SSSR count). The second kappa shape index (κ2) is 17.3. The molecule has 0 radical (unpaired) electrons. The first-order valence-electron chi connectivity index (χ1n) is 25.7. The molecule has 4 heterocycles. The van der Waals surface area contributed by atoms with Gasteiger partial charge in [-0.3, -0.25) is 0 Å². The van der Waals surface area contributed by atoms with E-state index in [-0.39, 0.29) is 0 Å². The molecule has 6 nitrogen and oxygen atoms in total. The fraction of sp³-hybridized carbons (Fsp3) is 0.0149. The lowest BCUT2D eigenvalue weighted by molar-refractivity contribution is 0.589. The van der Waals surface area contributed by atoms with Crippen LogP contribution in [0, 0.1) is 6.92 Å². The summed E-state index contributed by atoms with van der Waals surface area (Å²) in [5, 5.41) is 0. The van der Waals surface area contributed by atoms with E-state index in [9.17, 15) is 0 Å². The predicted molar refractivity (Wildman–Crippen MR) is 312 cm³/mol. The van der Waals surface area contributed by atoms with Crippen molar-refractivity contribution in [2.75, 3.05) is 19.6 Å². The Labute approximate surface area is 437 Å². The van der Waals surface area contributed by atoms with E-state index >= 15 is 0 Å². The Morgan fingerprint density at radius 3 is 1.00 bits per heavy atom. The first-order chi connectivity index (χ1) is 37.2. The van der Waals surface area contributed by atoms with Gasteiger partial charge in [-0.15, -0.1) is 0 Å². The van der Waals surface area contributed by atoms with Crippen molar-refractivity contribution >= 4 is 104 Å². The molecule has 0 N–H and O–H groups in total. The molecule has 4 aliphatic rings. The van der Waals surface area contributed by atoms with Crippen LogP contribution in [-0.2, 0) is 0 Å². The second-order valence-electron chi connectivity index (χ2n) is 19.6. The van der Waals surface area contributed by atoms with Crippen molar-refractivity contribution in [2.45, 2.75) is 6.92 Å². The van der Waals surface area contributed by atoms with E-state index in [4.69, 9.17) is 9.31 Å². The number of fused-ring (bicyclic) bond motifs is 8. The van der Waals surface area contributed by atoms with E-state index in [0.29, 0.717) is 0 Å². The molecule has 0 aromatic heterocycles. The zero-order chi connectivity index (χ0) is 49.6. The molecule has 0 atom stereocenters. The Hall–Kier alpha value is -9.65. The standard InChI is InChI=1S/C67H46B2N4O2/c1-45-66-58(68-64-56(54-36-20-22-38-62(54)74-68)40-52(42-60(64)72(66)50-32-16-6-17-33-50)70(46-24-8-2-9-25-46)47-26-10-3-11-27-47)44-59-67(45)73(51-34-18-7-19-35-51)61-43-53(41-57-55-37-21-23-39-63(55)75-69(59)65(57)61)71(48-28-12-4-13-29-48)49-30-14-5-15-31-49/h2-44H,1H3. The molecule has 8 heteroatoms. The van der Waals surface area contributed by atoms with Gasteiger partial charge in [-0.05, 0) is 144 Å². The highest BCUT2D eigenvalue weighted by molar-refractivity contribution is 6.89. The molecule has 0 saturated carbocycles. The van der Waals surface area contributed by atoms with E-state index in [1.54, 1.807) is 0 Å². The average molecular weight is 961 g/mol. The van der Waals surface area contributed by atoms with Crippen molar-refractivity contribution < 1.29 is 9.31 Å². The molecule has 11 aromatic carbocycles. The van der Waals surface area contributed by atoms with Crippen LogP contribution >= 0.6 is 0 Å². The Bertz CT molecular complexity index is 3660. The van der Waals surface area contributed by atoms with E-state index in [0.717, 1.165) is 129 Å². The summed E-state index contributed by atoms with van der Waals surface area (Å²) in [5.74, 6) is 1.71. The van der Waals surface area contributed by atoms with Crippen molar-refractivity contribution in [3.63, 3.8) is 0 Å². The third-order valence-electron chi connectivity index (χ3n) is 15.3. The van der Waals surface area contributed by atoms with Gasteiger partial charge in [0, 0.05) is 90.3 Å². The van der Waals surface area contributed by atoms with Gasteiger partial charge in [0.2, 0.25) is 0 Å². The summed E-state index contributed by atoms with van der Waals surface area (Å²) in [7, 11) is 0. The van der Waals surface area contributed by atoms with Crippen LogP contribution in [0.4, 0.5) is 68.2 Å². The van der Waals surface area contributed by atoms with Crippen LogP contribution in [0.1, 0.15) is 5.56 Å². The van der Waals surface area contributed by atoms with Crippen LogP contribution in [0.2, 0.25) is 0 Å². The molecule has 0 fully saturated rings. The van der Waals surface area contributed by atoms with E-state index in [2.05, 4.69) is 287 Å². The molecular weight excluding hydrogens is 914 g/mol. The van der Waals surface area contributed by atoms with Gasteiger partial charge in [0.1, 0.15) is 11.5 Å². The summed E-state index contributed by atoms with van der Waals surface area (Å²) < 4.78 is 14.9. The first kappa shape index (κ1) is 43.0. The number of hydrogen-bond acceptors (Lipinski definition) is 6. The largest absolute Gasteiger partial charge is 0.551 e. The zero-order valence-corrected chi connectivity index (χ0v) is 41.1. The lowest BCUT2D eigenvalue weighted by Gasteiger charge is -2.45. The van der Waals surface area contributed by atoms with E-state index < -0.39 is 13.8 Å². The monoisotopic (exact) mass is 960 g/mol. The zero-order valence-electron chi connectivity index (χ0n) is 41.1. The molecule has 0 amide bonds. The van der Waals surface area contributed by atoms with Crippen LogP contribution in [0.5, 0.6) is 11.5 Å². The Morgan fingerprint density at radius 1 is 0.320 bits per heavy atom. The van der Waals surface area contributed by atoms with Crippen LogP contribution in [0.3, 0.4) is 0 Å². The summed E-state index contributed by atoms with van der Waals surface area (Å²) in [6.45, 7) is 1.44. The van der Waals surface area contributed by atoms with Crippen molar-refractivity contribution in [3.05, 3.63) is 266 Å². The third kappa shape index (κ3) is 6.76. The molecule has 0 saturated heterocycles. The van der Waals surface area contributed by atoms with Crippen LogP contribution in [0.15, 0.2) is 261 Å². The maximum Gasteiger partial charge on any atom is 0.431 e. The minimum atomic E-state index is -0.436. The highest BCUT2D eigenvalue weighted by Gasteiger charge is 2.49. The smallest absolute Gasteiger partial charge is 0.431 e. The third-order valence-corrected chi connectivity index (χ3v) is 15.3. The normalized spacial score (nSPS) is 13.0. The average Bonchev–Trinajstić information content (AvgIpc) is 3.61. The maximum atomic E-state index is 7.44. The van der Waals surface area contributed by atoms with Crippen molar-refractivity contribution in [1.82, 2.24) is 0 Å². The lowest BCUT2D eigenvalue weighted by Crippen LogP contribution is -2.61. The van der Waals surface area contributed by atoms with E-state index in [1.165, 1.54) is 0 Å². The summed E-state index contributed by atoms with van der Waals surface area (Å²) in [6.07, 6.45) is 0. The summed E-state index contributed by atoms with van der Waals surface area (Å²) >= 11 is 0. The molecule has 352 valence electrons. The number of rotatable bonds is 8. The Balaban J connectivity index is 1.03. The van der Waals surface area contributed by atoms with Crippen molar-refractivity contribution in [3.8, 4) is 33.8 Å². The molecule has 0 unspecified atom stereocenters. The summed E-state index contributed by atoms with van der Waals surface area (Å²) in [4.78, 5) is 9.74. The minimum absolute atomic E-state index is 0.436. The lowest BCUT2D eigenvalue weighted by atomic mass is 9.45. The van der Waals surface area contributed by atoms with Gasteiger partial charge < -0.3 is 28.9 Å². The number of anilines is 12. The van der Waals surface area contributed by atoms with Gasteiger partial charge in [-0.1, -0.05) is 152 Å². The maximum absolute atomic E-state index is 7.44. The molecule has 4 aliphatic heterocycles. The van der Waals surface area contributed by atoms with Gasteiger partial charge in [0.05, 0.1) is 0 Å². The Morgan fingerprint density at radius 2 is 0.640 bits per heavy atom. The fourth-order valence-corrected chi connectivity index (χ4v) is 12.2. The first-order valence-corrected chi connectivity index (χ1v) is 25.7. The van der Waals surface area contributed by atoms with Crippen LogP contribution in [-0.4, -0.2) is 13.8 Å². The molecule has 0 bridgehead atoms. The molecule has 0 aliphatic carbocycles. The molecule has 75 heavy (non-hydrogen) atoms. The molecular formula is C67H46B2N4O2. The van der Waals surface area contributed by atoms with Gasteiger partial charge in [0.25, 0.3) is 0 Å². The molecule has 0 spiro atoms. The highest BCUT2D eigenvalue weighted by atomic mass is 16.4. The molecule has 11 aromatic rings. The highest BCUT2D eigenvalue weighted by Crippen LogP contribution is 2.52. The van der Waals surface area contributed by atoms with Crippen molar-refractivity contribution in [2.24, 2.45) is 0 Å². The number of hydrogen-bond donors (Lipinski definition) is 0. The topological polar surface area (TPSA) is 31.4 Å². The summed E-state index contributed by atoms with van der Waals surface area (Å²) in [5.41, 5.74) is 22.8. The van der Waals surface area contributed by atoms with E-state index in [1.807, 2.05) is 0 Å². The number of nitrogens with zero attached hydrogens (tertiary/aromatic N) is 4. The minimum Gasteiger partial charge on any atom is -0.551 e. The quantitative estimate of drug-likeness (QED) is 0.141. The van der Waals surface area contributed by atoms with Gasteiger partial charge >= 0.3 is 13.8 Å². The van der Waals surface area contributed by atoms with Crippen LogP contribution in [0.25, 0.3) is 22.3 Å². The summed E-state index contributed by atoms with van der Waals surface area (Å²) in [6, 6.07) is 93.5. The fourth-order valence-electron chi connectivity index (χ4n) is 12.2. The SMILES string of the molecule is Cc1c2c(cc3c1N(c1ccccc1)c1cc(N(c4ccccc4)c4ccccc4)cc4c1B3Oc1ccccc1-4)B1Oc3ccccc3-c3cc(N(c4ccccc4)c4ccccc4)cc(c31)N2c1ccccc1. The second-order valence-corrected chi connectivity index (χ2v) is 19.6. The van der Waals surface area contributed by atoms with Gasteiger partial charge in [0.15, 0.2) is 0 Å². The number of benzene rings is 11. The van der Waals surface area contributed by atoms with Gasteiger partial charge in [-0.25, -0.2) is 0 Å². The predicted octanol–water partition coefficient (Wildman–Crippen LogP) is 14.8. The van der Waals surface area contributed by atoms with Crippen molar-refractivity contribution in [1.29, 1.82) is 0 Å². The van der Waals surface area contributed by atoms with Gasteiger partial charge in [-0.2, -0.15) is 0 Å². The van der Waals surface area contributed by atoms with Crippen LogP contribution < -0.4 is 50.8 Å². The Kier molecular flexibility index (Phi) is 9.89.